The van der Waals surface area contributed by atoms with Gasteiger partial charge in [-0.05, 0) is 43.7 Å². The van der Waals surface area contributed by atoms with Crippen LogP contribution < -0.4 is 0 Å². The lowest BCUT2D eigenvalue weighted by molar-refractivity contribution is 0.0683. The molecule has 0 radical (unpaired) electrons. The lowest BCUT2D eigenvalue weighted by atomic mass is 10.1. The fraction of sp³-hybridized carbons (Fsp3) is 0.214. The summed E-state index contributed by atoms with van der Waals surface area (Å²) in [5.41, 5.74) is 2.15. The van der Waals surface area contributed by atoms with Crippen molar-refractivity contribution in [3.05, 3.63) is 47.1 Å². The summed E-state index contributed by atoms with van der Waals surface area (Å²) in [6.07, 6.45) is 0. The van der Waals surface area contributed by atoms with Crippen molar-refractivity contribution in [1.82, 2.24) is 4.57 Å². The summed E-state index contributed by atoms with van der Waals surface area (Å²) in [6.45, 7) is 3.93. The number of aromatic carboxylic acids is 1. The molecule has 2 aromatic rings. The number of hydrogen-bond donors (Lipinski definition) is 1. The lowest BCUT2D eigenvalue weighted by Gasteiger charge is -2.15. The molecule has 0 fully saturated rings. The van der Waals surface area contributed by atoms with Crippen molar-refractivity contribution in [3.63, 3.8) is 0 Å². The minimum Gasteiger partial charge on any atom is -0.477 e. The van der Waals surface area contributed by atoms with Crippen LogP contribution in [0.3, 0.4) is 0 Å². The number of aromatic nitrogens is 1. The molecule has 0 bridgehead atoms. The zero-order chi connectivity index (χ0) is 13.3. The van der Waals surface area contributed by atoms with E-state index in [-0.39, 0.29) is 6.04 Å². The van der Waals surface area contributed by atoms with Crippen LogP contribution >= 0.6 is 11.6 Å². The Labute approximate surface area is 111 Å². The Morgan fingerprint density at radius 2 is 1.78 bits per heavy atom. The van der Waals surface area contributed by atoms with Gasteiger partial charge in [-0.3, -0.25) is 0 Å². The van der Waals surface area contributed by atoms with Gasteiger partial charge in [-0.15, -0.1) is 0 Å². The SMILES string of the molecule is CC(C)n1c(C(=O)O)ccc1-c1ccc(Cl)cc1. The number of carboxylic acids is 1. The molecule has 94 valence electrons. The van der Waals surface area contributed by atoms with Gasteiger partial charge in [0.05, 0.1) is 0 Å². The highest BCUT2D eigenvalue weighted by atomic mass is 35.5. The predicted molar refractivity (Wildman–Crippen MR) is 72.2 cm³/mol. The molecule has 4 heteroatoms. The van der Waals surface area contributed by atoms with Crippen molar-refractivity contribution in [3.8, 4) is 11.3 Å². The molecule has 0 aliphatic heterocycles. The first-order valence-corrected chi connectivity index (χ1v) is 6.09. The van der Waals surface area contributed by atoms with Gasteiger partial charge >= 0.3 is 5.97 Å². The maximum atomic E-state index is 11.2. The molecular weight excluding hydrogens is 250 g/mol. The minimum atomic E-state index is -0.913. The molecule has 0 unspecified atom stereocenters. The molecule has 18 heavy (non-hydrogen) atoms. The molecule has 0 saturated carbocycles. The Balaban J connectivity index is 2.57. The van der Waals surface area contributed by atoms with Crippen molar-refractivity contribution in [2.75, 3.05) is 0 Å². The average Bonchev–Trinajstić information content (AvgIpc) is 2.74. The van der Waals surface area contributed by atoms with Gasteiger partial charge in [0.2, 0.25) is 0 Å². The Hall–Kier alpha value is -1.74. The first-order chi connectivity index (χ1) is 8.50. The van der Waals surface area contributed by atoms with Crippen LogP contribution in [0.2, 0.25) is 5.02 Å². The summed E-state index contributed by atoms with van der Waals surface area (Å²) in [7, 11) is 0. The van der Waals surface area contributed by atoms with E-state index in [4.69, 9.17) is 11.6 Å². The highest BCUT2D eigenvalue weighted by Gasteiger charge is 2.16. The molecular formula is C14H14ClNO2. The summed E-state index contributed by atoms with van der Waals surface area (Å²) >= 11 is 5.86. The largest absolute Gasteiger partial charge is 0.477 e. The Morgan fingerprint density at radius 3 is 2.28 bits per heavy atom. The van der Waals surface area contributed by atoms with Crippen LogP contribution in [0.25, 0.3) is 11.3 Å². The van der Waals surface area contributed by atoms with Crippen LogP contribution in [-0.4, -0.2) is 15.6 Å². The van der Waals surface area contributed by atoms with E-state index in [0.29, 0.717) is 10.7 Å². The van der Waals surface area contributed by atoms with Crippen LogP contribution in [-0.2, 0) is 0 Å². The van der Waals surface area contributed by atoms with E-state index in [2.05, 4.69) is 0 Å². The quantitative estimate of drug-likeness (QED) is 0.906. The second-order valence-electron chi connectivity index (χ2n) is 4.38. The summed E-state index contributed by atoms with van der Waals surface area (Å²) in [5, 5.41) is 9.84. The molecule has 1 N–H and O–H groups in total. The lowest BCUT2D eigenvalue weighted by Crippen LogP contribution is -2.11. The number of rotatable bonds is 3. The van der Waals surface area contributed by atoms with E-state index < -0.39 is 5.97 Å². The molecule has 0 atom stereocenters. The summed E-state index contributed by atoms with van der Waals surface area (Å²) < 4.78 is 1.81. The monoisotopic (exact) mass is 263 g/mol. The maximum Gasteiger partial charge on any atom is 0.352 e. The molecule has 1 aromatic heterocycles. The van der Waals surface area contributed by atoms with Crippen molar-refractivity contribution < 1.29 is 9.90 Å². The maximum absolute atomic E-state index is 11.2. The smallest absolute Gasteiger partial charge is 0.352 e. The van der Waals surface area contributed by atoms with Crippen LogP contribution in [0.1, 0.15) is 30.4 Å². The van der Waals surface area contributed by atoms with Gasteiger partial charge in [-0.2, -0.15) is 0 Å². The molecule has 0 spiro atoms. The molecule has 0 saturated heterocycles. The summed E-state index contributed by atoms with van der Waals surface area (Å²) in [4.78, 5) is 11.2. The molecule has 1 aromatic carbocycles. The molecule has 3 nitrogen and oxygen atoms in total. The number of carboxylic acid groups (broad SMARTS) is 1. The van der Waals surface area contributed by atoms with Gasteiger partial charge in [0.15, 0.2) is 0 Å². The number of nitrogens with zero attached hydrogens (tertiary/aromatic N) is 1. The average molecular weight is 264 g/mol. The highest BCUT2D eigenvalue weighted by Crippen LogP contribution is 2.27. The van der Waals surface area contributed by atoms with E-state index in [1.54, 1.807) is 18.2 Å². The molecule has 2 rings (SSSR count). The fourth-order valence-electron chi connectivity index (χ4n) is 2.03. The first kappa shape index (κ1) is 12.7. The minimum absolute atomic E-state index is 0.0804. The van der Waals surface area contributed by atoms with Crippen LogP contribution in [0.4, 0.5) is 0 Å². The van der Waals surface area contributed by atoms with E-state index in [1.165, 1.54) is 0 Å². The zero-order valence-corrected chi connectivity index (χ0v) is 11.0. The summed E-state index contributed by atoms with van der Waals surface area (Å²) in [5.74, 6) is -0.913. The van der Waals surface area contributed by atoms with Crippen LogP contribution in [0.5, 0.6) is 0 Å². The standard InChI is InChI=1S/C14H14ClNO2/c1-9(2)16-12(7-8-13(16)14(17)18)10-3-5-11(15)6-4-10/h3-9H,1-2H3,(H,17,18). The Morgan fingerprint density at radius 1 is 1.17 bits per heavy atom. The van der Waals surface area contributed by atoms with Gasteiger partial charge in [-0.25, -0.2) is 4.79 Å². The van der Waals surface area contributed by atoms with Crippen molar-refractivity contribution in [2.45, 2.75) is 19.9 Å². The number of hydrogen-bond acceptors (Lipinski definition) is 1. The number of halogens is 1. The molecule has 1 heterocycles. The highest BCUT2D eigenvalue weighted by molar-refractivity contribution is 6.30. The van der Waals surface area contributed by atoms with E-state index in [9.17, 15) is 9.90 Å². The van der Waals surface area contributed by atoms with Gasteiger partial charge in [0.25, 0.3) is 0 Å². The van der Waals surface area contributed by atoms with Gasteiger partial charge in [0, 0.05) is 16.8 Å². The van der Waals surface area contributed by atoms with E-state index in [1.807, 2.05) is 36.6 Å². The third-order valence-corrected chi connectivity index (χ3v) is 3.05. The van der Waals surface area contributed by atoms with Gasteiger partial charge in [0.1, 0.15) is 5.69 Å². The predicted octanol–water partition coefficient (Wildman–Crippen LogP) is 4.09. The molecule has 0 amide bonds. The van der Waals surface area contributed by atoms with Gasteiger partial charge in [-0.1, -0.05) is 23.7 Å². The molecule has 0 aliphatic rings. The Bertz CT molecular complexity index is 570. The third-order valence-electron chi connectivity index (χ3n) is 2.79. The van der Waals surface area contributed by atoms with Gasteiger partial charge < -0.3 is 9.67 Å². The van der Waals surface area contributed by atoms with Crippen molar-refractivity contribution in [1.29, 1.82) is 0 Å². The topological polar surface area (TPSA) is 42.2 Å². The third kappa shape index (κ3) is 2.27. The van der Waals surface area contributed by atoms with Crippen molar-refractivity contribution >= 4 is 17.6 Å². The molecule has 0 aliphatic carbocycles. The second-order valence-corrected chi connectivity index (χ2v) is 4.82. The van der Waals surface area contributed by atoms with E-state index >= 15 is 0 Å². The van der Waals surface area contributed by atoms with Crippen LogP contribution in [0, 0.1) is 0 Å². The Kier molecular flexibility index (Phi) is 3.43. The number of benzene rings is 1. The van der Waals surface area contributed by atoms with Crippen molar-refractivity contribution in [2.24, 2.45) is 0 Å². The first-order valence-electron chi connectivity index (χ1n) is 5.71. The normalized spacial score (nSPS) is 10.9. The second kappa shape index (κ2) is 4.86. The number of carbonyl (C=O) groups is 1. The fourth-order valence-corrected chi connectivity index (χ4v) is 2.16. The zero-order valence-electron chi connectivity index (χ0n) is 10.2. The van der Waals surface area contributed by atoms with E-state index in [0.717, 1.165) is 11.3 Å². The summed E-state index contributed by atoms with van der Waals surface area (Å²) in [6, 6.07) is 10.9. The van der Waals surface area contributed by atoms with Crippen LogP contribution in [0.15, 0.2) is 36.4 Å².